The number of imidazole rings is 1. The summed E-state index contributed by atoms with van der Waals surface area (Å²) in [5.74, 6) is -1.73. The summed E-state index contributed by atoms with van der Waals surface area (Å²) in [5, 5.41) is 16.8. The van der Waals surface area contributed by atoms with Gasteiger partial charge in [0, 0.05) is 32.3 Å². The van der Waals surface area contributed by atoms with E-state index in [0.717, 1.165) is 29.4 Å². The zero-order valence-electron chi connectivity index (χ0n) is 21.6. The summed E-state index contributed by atoms with van der Waals surface area (Å²) in [7, 11) is 0. The Morgan fingerprint density at radius 1 is 1.11 bits per heavy atom. The van der Waals surface area contributed by atoms with Gasteiger partial charge < -0.3 is 20.3 Å². The first-order valence-electron chi connectivity index (χ1n) is 12.1. The van der Waals surface area contributed by atoms with E-state index >= 15 is 0 Å². The third-order valence-corrected chi connectivity index (χ3v) is 5.77. The molecule has 0 saturated heterocycles. The van der Waals surface area contributed by atoms with Gasteiger partial charge in [0.1, 0.15) is 11.6 Å². The van der Waals surface area contributed by atoms with Crippen molar-refractivity contribution in [2.45, 2.75) is 66.2 Å². The molecule has 36 heavy (non-hydrogen) atoms. The van der Waals surface area contributed by atoms with Crippen LogP contribution in [0.3, 0.4) is 0 Å². The number of carbonyl (C=O) groups excluding carboxylic acids is 1. The maximum Gasteiger partial charge on any atom is 0.217 e. The summed E-state index contributed by atoms with van der Waals surface area (Å²) >= 11 is 0. The third-order valence-electron chi connectivity index (χ3n) is 5.77. The van der Waals surface area contributed by atoms with E-state index in [9.17, 15) is 18.7 Å². The Balaban J connectivity index is 1.74. The topological polar surface area (TPSA) is 79.2 Å². The number of carbonyl (C=O) groups is 1. The average molecular weight is 499 g/mol. The SMILES string of the molecule is CC(=O)NC(Cc1cc(F)cc(F)c1)C(O)CNCc1cc(CC(C)(C)C)ccc1-n1cnc(C)c1. The highest BCUT2D eigenvalue weighted by molar-refractivity contribution is 5.73. The molecule has 3 rings (SSSR count). The predicted octanol–water partition coefficient (Wildman–Crippen LogP) is 4.25. The van der Waals surface area contributed by atoms with E-state index in [4.69, 9.17) is 0 Å². The van der Waals surface area contributed by atoms with Gasteiger partial charge in [-0.2, -0.15) is 0 Å². The van der Waals surface area contributed by atoms with Gasteiger partial charge in [0.05, 0.1) is 29.9 Å². The van der Waals surface area contributed by atoms with Crippen molar-refractivity contribution in [1.82, 2.24) is 20.2 Å². The molecule has 0 spiro atoms. The first kappa shape index (κ1) is 27.5. The van der Waals surface area contributed by atoms with Crippen LogP contribution in [0.4, 0.5) is 8.78 Å². The molecule has 0 aliphatic carbocycles. The number of amides is 1. The van der Waals surface area contributed by atoms with Crippen molar-refractivity contribution in [3.05, 3.63) is 82.9 Å². The van der Waals surface area contributed by atoms with E-state index in [-0.39, 0.29) is 24.3 Å². The van der Waals surface area contributed by atoms with Gasteiger partial charge in [-0.25, -0.2) is 13.8 Å². The second-order valence-electron chi connectivity index (χ2n) is 10.6. The van der Waals surface area contributed by atoms with Crippen molar-refractivity contribution in [2.24, 2.45) is 5.41 Å². The molecular weight excluding hydrogens is 462 g/mol. The molecule has 194 valence electrons. The Hall–Kier alpha value is -3.10. The van der Waals surface area contributed by atoms with E-state index in [1.165, 1.54) is 24.6 Å². The van der Waals surface area contributed by atoms with Gasteiger partial charge in [0.2, 0.25) is 5.91 Å². The van der Waals surface area contributed by atoms with Gasteiger partial charge in [-0.1, -0.05) is 32.9 Å². The van der Waals surface area contributed by atoms with Gasteiger partial charge in [-0.15, -0.1) is 0 Å². The second-order valence-corrected chi connectivity index (χ2v) is 10.6. The normalized spacial score (nSPS) is 13.4. The predicted molar refractivity (Wildman–Crippen MR) is 137 cm³/mol. The standard InChI is InChI=1S/C28H36F2N4O2/c1-18-16-34(17-32-18)26-7-6-20(13-28(3,4)5)8-22(26)14-31-15-27(36)25(33-19(2)35)11-21-9-23(29)12-24(30)10-21/h6-10,12,16-17,25,27,31,36H,11,13-15H2,1-5H3,(H,33,35). The fourth-order valence-electron chi connectivity index (χ4n) is 4.33. The van der Waals surface area contributed by atoms with E-state index in [1.54, 1.807) is 6.33 Å². The van der Waals surface area contributed by atoms with E-state index in [0.29, 0.717) is 12.1 Å². The van der Waals surface area contributed by atoms with Crippen molar-refractivity contribution in [1.29, 1.82) is 0 Å². The van der Waals surface area contributed by atoms with Crippen molar-refractivity contribution in [3.63, 3.8) is 0 Å². The number of rotatable bonds is 10. The van der Waals surface area contributed by atoms with Crippen LogP contribution in [-0.2, 0) is 24.2 Å². The van der Waals surface area contributed by atoms with Crippen LogP contribution in [0.2, 0.25) is 0 Å². The molecule has 0 aliphatic heterocycles. The monoisotopic (exact) mass is 498 g/mol. The summed E-state index contributed by atoms with van der Waals surface area (Å²) in [6, 6.07) is 8.86. The first-order valence-corrected chi connectivity index (χ1v) is 12.1. The highest BCUT2D eigenvalue weighted by Crippen LogP contribution is 2.24. The molecule has 1 aromatic heterocycles. The van der Waals surface area contributed by atoms with E-state index in [1.807, 2.05) is 17.7 Å². The molecule has 2 atom stereocenters. The molecule has 0 radical (unpaired) electrons. The van der Waals surface area contributed by atoms with Gasteiger partial charge in [0.15, 0.2) is 0 Å². The quantitative estimate of drug-likeness (QED) is 0.391. The summed E-state index contributed by atoms with van der Waals surface area (Å²) in [6.45, 7) is 10.5. The number of aromatic nitrogens is 2. The highest BCUT2D eigenvalue weighted by atomic mass is 19.1. The molecule has 0 fully saturated rings. The van der Waals surface area contributed by atoms with E-state index in [2.05, 4.69) is 54.6 Å². The van der Waals surface area contributed by atoms with Crippen LogP contribution in [-0.4, -0.2) is 39.3 Å². The van der Waals surface area contributed by atoms with Crippen LogP contribution in [0.25, 0.3) is 5.69 Å². The fourth-order valence-corrected chi connectivity index (χ4v) is 4.33. The number of nitrogens with zero attached hydrogens (tertiary/aromatic N) is 2. The lowest BCUT2D eigenvalue weighted by Crippen LogP contribution is -2.48. The average Bonchev–Trinajstić information content (AvgIpc) is 3.17. The Morgan fingerprint density at radius 2 is 1.81 bits per heavy atom. The molecule has 8 heteroatoms. The van der Waals surface area contributed by atoms with Crippen molar-refractivity contribution in [3.8, 4) is 5.69 Å². The van der Waals surface area contributed by atoms with Crippen molar-refractivity contribution < 1.29 is 18.7 Å². The summed E-state index contributed by atoms with van der Waals surface area (Å²) in [6.07, 6.45) is 3.77. The maximum atomic E-state index is 13.6. The van der Waals surface area contributed by atoms with E-state index < -0.39 is 23.8 Å². The fraction of sp³-hybridized carbons (Fsp3) is 0.429. The molecule has 0 aliphatic rings. The van der Waals surface area contributed by atoms with Gasteiger partial charge in [0.25, 0.3) is 0 Å². The molecule has 2 unspecified atom stereocenters. The van der Waals surface area contributed by atoms with Crippen LogP contribution in [0.15, 0.2) is 48.9 Å². The minimum absolute atomic E-state index is 0.0950. The Labute approximate surface area is 211 Å². The zero-order chi connectivity index (χ0) is 26.5. The smallest absolute Gasteiger partial charge is 0.217 e. The molecule has 1 amide bonds. The molecule has 3 N–H and O–H groups in total. The summed E-state index contributed by atoms with van der Waals surface area (Å²) < 4.78 is 29.3. The maximum absolute atomic E-state index is 13.6. The number of halogens is 2. The van der Waals surface area contributed by atoms with Gasteiger partial charge >= 0.3 is 0 Å². The molecule has 6 nitrogen and oxygen atoms in total. The van der Waals surface area contributed by atoms with Crippen LogP contribution in [0.5, 0.6) is 0 Å². The minimum Gasteiger partial charge on any atom is -0.390 e. The lowest BCUT2D eigenvalue weighted by Gasteiger charge is -2.25. The molecule has 0 saturated carbocycles. The number of aryl methyl sites for hydroxylation is 1. The number of hydrogen-bond donors (Lipinski definition) is 3. The van der Waals surface area contributed by atoms with Crippen LogP contribution in [0.1, 0.15) is 50.1 Å². The number of nitrogens with one attached hydrogen (secondary N) is 2. The van der Waals surface area contributed by atoms with Gasteiger partial charge in [-0.05, 0) is 60.1 Å². The van der Waals surface area contributed by atoms with Crippen molar-refractivity contribution >= 4 is 5.91 Å². The number of aliphatic hydroxyl groups is 1. The minimum atomic E-state index is -0.975. The summed E-state index contributed by atoms with van der Waals surface area (Å²) in [5.41, 5.74) is 4.65. The number of benzene rings is 2. The second kappa shape index (κ2) is 11.8. The number of hydrogen-bond acceptors (Lipinski definition) is 4. The zero-order valence-corrected chi connectivity index (χ0v) is 21.6. The lowest BCUT2D eigenvalue weighted by molar-refractivity contribution is -0.120. The molecule has 2 aromatic carbocycles. The summed E-state index contributed by atoms with van der Waals surface area (Å²) in [4.78, 5) is 16.1. The Kier molecular flexibility index (Phi) is 8.98. The van der Waals surface area contributed by atoms with Gasteiger partial charge in [-0.3, -0.25) is 4.79 Å². The first-order chi connectivity index (χ1) is 16.9. The van der Waals surface area contributed by atoms with Crippen LogP contribution < -0.4 is 10.6 Å². The van der Waals surface area contributed by atoms with Crippen LogP contribution in [0, 0.1) is 24.0 Å². The Bertz CT molecular complexity index is 1170. The molecule has 0 bridgehead atoms. The number of aliphatic hydroxyl groups excluding tert-OH is 1. The highest BCUT2D eigenvalue weighted by Gasteiger charge is 2.21. The molecule has 3 aromatic rings. The Morgan fingerprint density at radius 3 is 2.39 bits per heavy atom. The molecular formula is C28H36F2N4O2. The lowest BCUT2D eigenvalue weighted by atomic mass is 9.87. The molecule has 1 heterocycles. The third kappa shape index (κ3) is 8.24. The van der Waals surface area contributed by atoms with Crippen LogP contribution >= 0.6 is 0 Å². The van der Waals surface area contributed by atoms with Crippen molar-refractivity contribution in [2.75, 3.05) is 6.54 Å². The largest absolute Gasteiger partial charge is 0.390 e.